The number of rotatable bonds is 16. The number of methoxy groups -OCH3 is 1. The molecular formula is C40H53NO19. The number of nitrogens with one attached hydrogen (secondary N) is 1. The van der Waals surface area contributed by atoms with Crippen LogP contribution in [-0.2, 0) is 54.0 Å². The first-order valence-electron chi connectivity index (χ1n) is 19.2. The molecule has 0 bridgehead atoms. The van der Waals surface area contributed by atoms with E-state index in [0.717, 1.165) is 25.0 Å². The zero-order valence-corrected chi connectivity index (χ0v) is 33.3. The van der Waals surface area contributed by atoms with Crippen molar-refractivity contribution in [3.8, 4) is 11.5 Å². The summed E-state index contributed by atoms with van der Waals surface area (Å²) < 4.78 is 51.7. The van der Waals surface area contributed by atoms with Crippen LogP contribution in [0.15, 0.2) is 54.6 Å². The average Bonchev–Trinajstić information content (AvgIpc) is 3.22. The average molecular weight is 852 g/mol. The van der Waals surface area contributed by atoms with Gasteiger partial charge >= 0.3 is 11.9 Å². The Morgan fingerprint density at radius 3 is 1.87 bits per heavy atom. The van der Waals surface area contributed by atoms with E-state index in [1.165, 1.54) is 13.0 Å². The number of amides is 1. The molecule has 3 aliphatic rings. The third-order valence-corrected chi connectivity index (χ3v) is 10.0. The van der Waals surface area contributed by atoms with Crippen LogP contribution in [0, 0.1) is 0 Å². The van der Waals surface area contributed by atoms with Gasteiger partial charge in [0.25, 0.3) is 0 Å². The lowest BCUT2D eigenvalue weighted by Gasteiger charge is -2.49. The summed E-state index contributed by atoms with van der Waals surface area (Å²) in [5, 5.41) is 76.8. The van der Waals surface area contributed by atoms with E-state index in [1.54, 1.807) is 49.6 Å². The number of aliphatic hydroxyl groups is 7. The van der Waals surface area contributed by atoms with Crippen molar-refractivity contribution in [2.24, 2.45) is 0 Å². The molecule has 2 aromatic carbocycles. The second-order valence-corrected chi connectivity index (χ2v) is 14.4. The molecule has 3 fully saturated rings. The Morgan fingerprint density at radius 1 is 0.700 bits per heavy atom. The van der Waals surface area contributed by atoms with Crippen molar-refractivity contribution in [2.45, 2.75) is 119 Å². The smallest absolute Gasteiger partial charge is 0.303 e. The summed E-state index contributed by atoms with van der Waals surface area (Å²) in [7, 11) is 1.57. The van der Waals surface area contributed by atoms with E-state index in [1.807, 2.05) is 12.1 Å². The first kappa shape index (κ1) is 46.8. The Morgan fingerprint density at radius 2 is 1.28 bits per heavy atom. The lowest BCUT2D eigenvalue weighted by molar-refractivity contribution is -0.382. The SMILES string of the molecule is COc1ccc(C=CC(=O)NCCc2ccc(O[C@@H]3O[C@@H](C)[C@H](OC(C)=O)[C@@H](O[C@@H]4O[C@H](CO)[C@@H](O)[C@H](O)[C@H]4O)[C@H]3O[C@@H]3O[C@H](COC(C)=O)[C@@H](O)[C@H](O)[C@H]3O)cc2)cc1. The molecule has 332 valence electrons. The molecule has 0 unspecified atom stereocenters. The highest BCUT2D eigenvalue weighted by Gasteiger charge is 2.55. The van der Waals surface area contributed by atoms with Crippen LogP contribution in [0.3, 0.4) is 0 Å². The van der Waals surface area contributed by atoms with Crippen LogP contribution in [0.4, 0.5) is 0 Å². The van der Waals surface area contributed by atoms with Crippen LogP contribution >= 0.6 is 0 Å². The Balaban J connectivity index is 1.36. The molecule has 8 N–H and O–H groups in total. The minimum atomic E-state index is -1.94. The molecule has 0 radical (unpaired) electrons. The number of hydrogen-bond acceptors (Lipinski definition) is 19. The summed E-state index contributed by atoms with van der Waals surface area (Å²) >= 11 is 0. The third-order valence-electron chi connectivity index (χ3n) is 10.0. The van der Waals surface area contributed by atoms with Crippen LogP contribution in [0.25, 0.3) is 6.08 Å². The minimum Gasteiger partial charge on any atom is -0.497 e. The van der Waals surface area contributed by atoms with E-state index in [0.29, 0.717) is 18.7 Å². The zero-order chi connectivity index (χ0) is 43.7. The largest absolute Gasteiger partial charge is 0.497 e. The molecule has 5 rings (SSSR count). The molecule has 2 aromatic rings. The van der Waals surface area contributed by atoms with E-state index >= 15 is 0 Å². The number of ether oxygens (including phenoxy) is 9. The van der Waals surface area contributed by atoms with Gasteiger partial charge in [-0.05, 0) is 54.8 Å². The van der Waals surface area contributed by atoms with Crippen LogP contribution in [-0.4, -0.2) is 173 Å². The Labute approximate surface area is 345 Å². The molecule has 20 heteroatoms. The summed E-state index contributed by atoms with van der Waals surface area (Å²) in [4.78, 5) is 36.4. The van der Waals surface area contributed by atoms with Gasteiger partial charge in [0, 0.05) is 26.5 Å². The number of carbonyl (C=O) groups excluding carboxylic acids is 3. The summed E-state index contributed by atoms with van der Waals surface area (Å²) in [6.07, 6.45) is -21.1. The summed E-state index contributed by atoms with van der Waals surface area (Å²) in [5.74, 6) is -0.909. The van der Waals surface area contributed by atoms with Crippen molar-refractivity contribution in [1.29, 1.82) is 0 Å². The maximum Gasteiger partial charge on any atom is 0.303 e. The molecule has 3 saturated heterocycles. The molecule has 20 nitrogen and oxygen atoms in total. The number of hydrogen-bond donors (Lipinski definition) is 8. The van der Waals surface area contributed by atoms with E-state index < -0.39 is 117 Å². The second kappa shape index (κ2) is 21.5. The molecule has 1 amide bonds. The number of aliphatic hydroxyl groups excluding tert-OH is 7. The fourth-order valence-electron chi connectivity index (χ4n) is 6.72. The zero-order valence-electron chi connectivity index (χ0n) is 33.3. The Bertz CT molecular complexity index is 1730. The van der Waals surface area contributed by atoms with E-state index in [4.69, 9.17) is 42.6 Å². The lowest BCUT2D eigenvalue weighted by atomic mass is 9.96. The summed E-state index contributed by atoms with van der Waals surface area (Å²) in [6.45, 7) is 2.70. The van der Waals surface area contributed by atoms with Gasteiger partial charge in [-0.25, -0.2) is 0 Å². The predicted octanol–water partition coefficient (Wildman–Crippen LogP) is -1.94. The van der Waals surface area contributed by atoms with E-state index in [2.05, 4.69) is 5.32 Å². The maximum absolute atomic E-state index is 12.4. The van der Waals surface area contributed by atoms with E-state index in [-0.39, 0.29) is 11.7 Å². The van der Waals surface area contributed by atoms with Gasteiger partial charge in [0.05, 0.1) is 19.8 Å². The van der Waals surface area contributed by atoms with Crippen LogP contribution in [0.2, 0.25) is 0 Å². The standard InChI is InChI=1S/C40H53NO19/c1-19-35(55-21(3)44)36(59-38-33(50)31(48)29(46)26(17-42)57-38)37(60-39-34(51)32(49)30(47)27(58-39)18-53-20(2)43)40(54-19)56-25-12-7-23(8-13-25)15-16-41-28(45)14-9-22-5-10-24(52-4)11-6-22/h5-14,19,26-27,29-40,42,46-51H,15-18H2,1-4H3,(H,41,45)/t19-,26+,27+,29+,30+,31-,32-,33+,34+,35-,36+,37+,38-,39-,40-/m0/s1. The molecule has 60 heavy (non-hydrogen) atoms. The third kappa shape index (κ3) is 12.0. The van der Waals surface area contributed by atoms with Gasteiger partial charge in [0.1, 0.15) is 73.0 Å². The van der Waals surface area contributed by atoms with Gasteiger partial charge in [0.15, 0.2) is 24.8 Å². The van der Waals surface area contributed by atoms with Gasteiger partial charge in [0.2, 0.25) is 12.2 Å². The predicted molar refractivity (Wildman–Crippen MR) is 203 cm³/mol. The normalized spacial score (nSPS) is 34.4. The maximum atomic E-state index is 12.4. The molecule has 0 aromatic heterocycles. The first-order chi connectivity index (χ1) is 28.6. The van der Waals surface area contributed by atoms with Crippen molar-refractivity contribution in [3.05, 3.63) is 65.7 Å². The second-order valence-electron chi connectivity index (χ2n) is 14.4. The molecule has 0 aliphatic carbocycles. The summed E-state index contributed by atoms with van der Waals surface area (Å²) in [5.41, 5.74) is 1.64. The molecule has 0 saturated carbocycles. The molecule has 3 heterocycles. The summed E-state index contributed by atoms with van der Waals surface area (Å²) in [6, 6.07) is 13.8. The van der Waals surface area contributed by atoms with Gasteiger partial charge in [-0.1, -0.05) is 24.3 Å². The number of benzene rings is 2. The monoisotopic (exact) mass is 851 g/mol. The molecular weight excluding hydrogens is 798 g/mol. The number of esters is 2. The molecule has 0 spiro atoms. The van der Waals surface area contributed by atoms with Crippen molar-refractivity contribution in [1.82, 2.24) is 5.32 Å². The van der Waals surface area contributed by atoms with E-state index in [9.17, 15) is 50.1 Å². The quantitative estimate of drug-likeness (QED) is 0.0674. The molecule has 3 aliphatic heterocycles. The van der Waals surface area contributed by atoms with Crippen molar-refractivity contribution in [3.63, 3.8) is 0 Å². The lowest BCUT2D eigenvalue weighted by Crippen LogP contribution is -2.67. The van der Waals surface area contributed by atoms with Gasteiger partial charge in [-0.2, -0.15) is 0 Å². The fraction of sp³-hybridized carbons (Fsp3) is 0.575. The Hall–Kier alpha value is -4.29. The van der Waals surface area contributed by atoms with Crippen LogP contribution in [0.5, 0.6) is 11.5 Å². The van der Waals surface area contributed by atoms with Crippen molar-refractivity contribution < 1.29 is 92.8 Å². The van der Waals surface area contributed by atoms with Crippen molar-refractivity contribution >= 4 is 23.9 Å². The van der Waals surface area contributed by atoms with Gasteiger partial charge in [-0.15, -0.1) is 0 Å². The Kier molecular flexibility index (Phi) is 16.7. The highest BCUT2D eigenvalue weighted by molar-refractivity contribution is 5.91. The fourth-order valence-corrected chi connectivity index (χ4v) is 6.72. The highest BCUT2D eigenvalue weighted by Crippen LogP contribution is 2.35. The highest BCUT2D eigenvalue weighted by atomic mass is 16.8. The topological polar surface area (TPSA) is 288 Å². The van der Waals surface area contributed by atoms with Crippen LogP contribution < -0.4 is 14.8 Å². The van der Waals surface area contributed by atoms with Crippen LogP contribution in [0.1, 0.15) is 31.9 Å². The van der Waals surface area contributed by atoms with Gasteiger partial charge in [-0.3, -0.25) is 14.4 Å². The van der Waals surface area contributed by atoms with Crippen molar-refractivity contribution in [2.75, 3.05) is 26.9 Å². The first-order valence-corrected chi connectivity index (χ1v) is 19.2. The number of carbonyl (C=O) groups is 3. The molecule has 15 atom stereocenters. The minimum absolute atomic E-state index is 0.210. The van der Waals surface area contributed by atoms with Gasteiger partial charge < -0.3 is 83.7 Å².